The highest BCUT2D eigenvalue weighted by molar-refractivity contribution is 7.92. The Balaban J connectivity index is 1.59. The number of rotatable bonds is 9. The van der Waals surface area contributed by atoms with Gasteiger partial charge in [-0.15, -0.1) is 0 Å². The topological polar surface area (TPSA) is 84.9 Å². The van der Waals surface area contributed by atoms with Gasteiger partial charge in [0, 0.05) is 18.2 Å². The summed E-state index contributed by atoms with van der Waals surface area (Å²) in [4.78, 5) is 11.9. The highest BCUT2D eigenvalue weighted by atomic mass is 35.5. The Morgan fingerprint density at radius 1 is 1.23 bits per heavy atom. The Bertz CT molecular complexity index is 960. The Morgan fingerprint density at radius 2 is 1.97 bits per heavy atom. The lowest BCUT2D eigenvalue weighted by atomic mass is 10.2. The fourth-order valence-corrected chi connectivity index (χ4v) is 4.20. The fraction of sp³-hybridized carbons (Fsp3) is 0.381. The summed E-state index contributed by atoms with van der Waals surface area (Å²) < 4.78 is 36.9. The molecule has 1 amide bonds. The minimum Gasteiger partial charge on any atom is -0.484 e. The number of amides is 1. The molecule has 30 heavy (non-hydrogen) atoms. The van der Waals surface area contributed by atoms with Crippen LogP contribution in [0.25, 0.3) is 0 Å². The molecular weight excluding hydrogens is 428 g/mol. The molecule has 1 atom stereocenters. The van der Waals surface area contributed by atoms with Gasteiger partial charge in [0.25, 0.3) is 5.91 Å². The first-order valence-electron chi connectivity index (χ1n) is 9.65. The quantitative estimate of drug-likeness (QED) is 0.632. The lowest BCUT2D eigenvalue weighted by Gasteiger charge is -2.23. The van der Waals surface area contributed by atoms with Crippen LogP contribution in [0.15, 0.2) is 48.5 Å². The molecule has 0 aromatic heterocycles. The number of anilines is 1. The van der Waals surface area contributed by atoms with Crippen molar-refractivity contribution in [2.24, 2.45) is 0 Å². The molecule has 7 nitrogen and oxygen atoms in total. The van der Waals surface area contributed by atoms with Gasteiger partial charge in [0.2, 0.25) is 10.0 Å². The standard InChI is InChI=1S/C21H25ClN2O5S/c1-30(26,27)24(14-16-5-2-3-7-20(16)22)17-8-10-18(11-9-17)29-15-21(25)23-13-19-6-4-12-28-19/h2-3,5,7-11,19H,4,6,12-15H2,1H3,(H,23,25)/t19-/m0/s1. The molecule has 1 heterocycles. The molecule has 162 valence electrons. The average Bonchev–Trinajstić information content (AvgIpc) is 3.23. The van der Waals surface area contributed by atoms with Crippen LogP contribution in [-0.2, 0) is 26.1 Å². The summed E-state index contributed by atoms with van der Waals surface area (Å²) in [6, 6.07) is 13.6. The third-order valence-electron chi connectivity index (χ3n) is 4.72. The van der Waals surface area contributed by atoms with Crippen LogP contribution in [0.1, 0.15) is 18.4 Å². The first-order valence-corrected chi connectivity index (χ1v) is 11.9. The van der Waals surface area contributed by atoms with Crippen molar-refractivity contribution in [3.05, 3.63) is 59.1 Å². The zero-order chi connectivity index (χ0) is 21.6. The maximum Gasteiger partial charge on any atom is 0.258 e. The van der Waals surface area contributed by atoms with Crippen LogP contribution in [0.4, 0.5) is 5.69 Å². The van der Waals surface area contributed by atoms with Crippen LogP contribution in [0.3, 0.4) is 0 Å². The van der Waals surface area contributed by atoms with Crippen molar-refractivity contribution in [3.8, 4) is 5.75 Å². The number of nitrogens with one attached hydrogen (secondary N) is 1. The van der Waals surface area contributed by atoms with Crippen molar-refractivity contribution < 1.29 is 22.7 Å². The first-order chi connectivity index (χ1) is 14.3. The number of carbonyl (C=O) groups is 1. The van der Waals surface area contributed by atoms with E-state index in [4.69, 9.17) is 21.1 Å². The Morgan fingerprint density at radius 3 is 2.60 bits per heavy atom. The molecule has 0 unspecified atom stereocenters. The van der Waals surface area contributed by atoms with E-state index in [1.54, 1.807) is 42.5 Å². The maximum absolute atomic E-state index is 12.3. The second-order valence-corrected chi connectivity index (χ2v) is 9.40. The van der Waals surface area contributed by atoms with Gasteiger partial charge in [0.15, 0.2) is 6.61 Å². The van der Waals surface area contributed by atoms with Gasteiger partial charge in [-0.2, -0.15) is 0 Å². The summed E-state index contributed by atoms with van der Waals surface area (Å²) in [6.45, 7) is 1.21. The second kappa shape index (κ2) is 10.1. The zero-order valence-electron chi connectivity index (χ0n) is 16.7. The predicted molar refractivity (Wildman–Crippen MR) is 116 cm³/mol. The van der Waals surface area contributed by atoms with Crippen LogP contribution in [0.5, 0.6) is 5.75 Å². The molecule has 1 aliphatic heterocycles. The molecule has 2 aromatic carbocycles. The zero-order valence-corrected chi connectivity index (χ0v) is 18.3. The highest BCUT2D eigenvalue weighted by Crippen LogP contribution is 2.26. The van der Waals surface area contributed by atoms with Crippen LogP contribution in [0, 0.1) is 0 Å². The van der Waals surface area contributed by atoms with Crippen molar-refractivity contribution in [3.63, 3.8) is 0 Å². The van der Waals surface area contributed by atoms with E-state index in [0.717, 1.165) is 25.7 Å². The minimum absolute atomic E-state index is 0.0772. The summed E-state index contributed by atoms with van der Waals surface area (Å²) in [6.07, 6.45) is 3.19. The van der Waals surface area contributed by atoms with Gasteiger partial charge in [-0.1, -0.05) is 29.8 Å². The molecule has 0 saturated carbocycles. The van der Waals surface area contributed by atoms with Crippen molar-refractivity contribution in [1.29, 1.82) is 0 Å². The Hall–Kier alpha value is -2.29. The van der Waals surface area contributed by atoms with Crippen molar-refractivity contribution >= 4 is 33.2 Å². The number of carbonyl (C=O) groups excluding carboxylic acids is 1. The summed E-state index contributed by atoms with van der Waals surface area (Å²) in [7, 11) is -3.53. The Kier molecular flexibility index (Phi) is 7.58. The van der Waals surface area contributed by atoms with E-state index in [9.17, 15) is 13.2 Å². The average molecular weight is 453 g/mol. The van der Waals surface area contributed by atoms with Crippen molar-refractivity contribution in [1.82, 2.24) is 5.32 Å². The third-order valence-corrected chi connectivity index (χ3v) is 6.23. The molecule has 0 radical (unpaired) electrons. The Labute approximate surface area is 182 Å². The van der Waals surface area contributed by atoms with Gasteiger partial charge in [-0.05, 0) is 48.7 Å². The number of sulfonamides is 1. The van der Waals surface area contributed by atoms with Crippen LogP contribution >= 0.6 is 11.6 Å². The highest BCUT2D eigenvalue weighted by Gasteiger charge is 2.19. The monoisotopic (exact) mass is 452 g/mol. The van der Waals surface area contributed by atoms with Gasteiger partial charge >= 0.3 is 0 Å². The molecule has 1 N–H and O–H groups in total. The number of benzene rings is 2. The maximum atomic E-state index is 12.3. The van der Waals surface area contributed by atoms with E-state index < -0.39 is 10.0 Å². The molecule has 3 rings (SSSR count). The summed E-state index contributed by atoms with van der Waals surface area (Å²) in [5, 5.41) is 3.29. The number of halogens is 1. The SMILES string of the molecule is CS(=O)(=O)N(Cc1ccccc1Cl)c1ccc(OCC(=O)NC[C@@H]2CCCO2)cc1. The summed E-state index contributed by atoms with van der Waals surface area (Å²) >= 11 is 6.18. The molecule has 1 aliphatic rings. The molecular formula is C21H25ClN2O5S. The summed E-state index contributed by atoms with van der Waals surface area (Å²) in [5.74, 6) is 0.239. The predicted octanol–water partition coefficient (Wildman–Crippen LogP) is 2.98. The van der Waals surface area contributed by atoms with Crippen LogP contribution in [-0.4, -0.2) is 46.4 Å². The van der Waals surface area contributed by atoms with Gasteiger partial charge in [0.05, 0.1) is 24.6 Å². The van der Waals surface area contributed by atoms with Gasteiger partial charge < -0.3 is 14.8 Å². The summed E-state index contributed by atoms with van der Waals surface area (Å²) in [5.41, 5.74) is 1.18. The lowest BCUT2D eigenvalue weighted by molar-refractivity contribution is -0.123. The molecule has 2 aromatic rings. The molecule has 1 saturated heterocycles. The van der Waals surface area contributed by atoms with E-state index in [2.05, 4.69) is 5.32 Å². The number of hydrogen-bond acceptors (Lipinski definition) is 5. The van der Waals surface area contributed by atoms with Crippen molar-refractivity contribution in [2.45, 2.75) is 25.5 Å². The second-order valence-electron chi connectivity index (χ2n) is 7.08. The van der Waals surface area contributed by atoms with Crippen LogP contribution in [0.2, 0.25) is 5.02 Å². The smallest absolute Gasteiger partial charge is 0.258 e. The molecule has 0 spiro atoms. The van der Waals surface area contributed by atoms with E-state index in [1.807, 2.05) is 6.07 Å². The van der Waals surface area contributed by atoms with Gasteiger partial charge in [-0.3, -0.25) is 9.10 Å². The number of hydrogen-bond donors (Lipinski definition) is 1. The largest absolute Gasteiger partial charge is 0.484 e. The van der Waals surface area contributed by atoms with E-state index in [-0.39, 0.29) is 25.2 Å². The van der Waals surface area contributed by atoms with E-state index >= 15 is 0 Å². The first kappa shape index (κ1) is 22.4. The lowest BCUT2D eigenvalue weighted by Crippen LogP contribution is -2.35. The number of ether oxygens (including phenoxy) is 2. The molecule has 0 bridgehead atoms. The fourth-order valence-electron chi connectivity index (χ4n) is 3.12. The third kappa shape index (κ3) is 6.35. The van der Waals surface area contributed by atoms with E-state index in [1.165, 1.54) is 4.31 Å². The molecule has 0 aliphatic carbocycles. The molecule has 9 heteroatoms. The van der Waals surface area contributed by atoms with E-state index in [0.29, 0.717) is 28.6 Å². The number of nitrogens with zero attached hydrogens (tertiary/aromatic N) is 1. The van der Waals surface area contributed by atoms with Gasteiger partial charge in [-0.25, -0.2) is 8.42 Å². The normalized spacial score (nSPS) is 16.3. The van der Waals surface area contributed by atoms with Crippen LogP contribution < -0.4 is 14.4 Å². The minimum atomic E-state index is -3.53. The molecule has 1 fully saturated rings. The van der Waals surface area contributed by atoms with Gasteiger partial charge in [0.1, 0.15) is 5.75 Å². The van der Waals surface area contributed by atoms with Crippen molar-refractivity contribution in [2.75, 3.05) is 30.3 Å².